The molecule has 1 aromatic heterocycles. The predicted molar refractivity (Wildman–Crippen MR) is 106 cm³/mol. The molecule has 144 valence electrons. The van der Waals surface area contributed by atoms with Gasteiger partial charge in [-0.05, 0) is 30.5 Å². The maximum absolute atomic E-state index is 12.7. The molecular formula is C20H25ClN4O2. The molecule has 1 N–H and O–H groups in total. The molecule has 0 aliphatic heterocycles. The van der Waals surface area contributed by atoms with Gasteiger partial charge in [-0.1, -0.05) is 43.0 Å². The number of nitrogens with zero attached hydrogens (tertiary/aromatic N) is 3. The average molecular weight is 389 g/mol. The van der Waals surface area contributed by atoms with Gasteiger partial charge < -0.3 is 10.2 Å². The van der Waals surface area contributed by atoms with Gasteiger partial charge in [-0.2, -0.15) is 5.10 Å². The topological polar surface area (TPSA) is 67.2 Å². The number of carbonyl (C=O) groups is 2. The van der Waals surface area contributed by atoms with Gasteiger partial charge in [0.1, 0.15) is 5.82 Å². The number of aromatic nitrogens is 2. The molecule has 1 heterocycles. The molecule has 6 nitrogen and oxygen atoms in total. The zero-order chi connectivity index (χ0) is 19.4. The van der Waals surface area contributed by atoms with E-state index in [1.54, 1.807) is 41.9 Å². The first-order chi connectivity index (χ1) is 12.9. The number of carbonyl (C=O) groups excluding carboxylic acids is 2. The Bertz CT molecular complexity index is 810. The number of amides is 2. The monoisotopic (exact) mass is 388 g/mol. The summed E-state index contributed by atoms with van der Waals surface area (Å²) in [5, 5.41) is 7.86. The SMILES string of the molecule is CN(Cc1ccc(Cl)cc1)C(=O)c1cc(NC(=O)C2CCCCC2)n(C)n1. The summed E-state index contributed by atoms with van der Waals surface area (Å²) in [5.41, 5.74) is 1.30. The fraction of sp³-hybridized carbons (Fsp3) is 0.450. The summed E-state index contributed by atoms with van der Waals surface area (Å²) in [5.74, 6) is 0.430. The molecule has 0 unspecified atom stereocenters. The second-order valence-corrected chi connectivity index (χ2v) is 7.59. The van der Waals surface area contributed by atoms with Crippen LogP contribution in [0.1, 0.15) is 48.2 Å². The highest BCUT2D eigenvalue weighted by molar-refractivity contribution is 6.30. The highest BCUT2D eigenvalue weighted by Gasteiger charge is 2.23. The molecule has 1 aromatic carbocycles. The number of aryl methyl sites for hydroxylation is 1. The summed E-state index contributed by atoms with van der Waals surface area (Å²) >= 11 is 5.90. The number of hydrogen-bond acceptors (Lipinski definition) is 3. The van der Waals surface area contributed by atoms with E-state index in [4.69, 9.17) is 11.6 Å². The lowest BCUT2D eigenvalue weighted by Crippen LogP contribution is -2.26. The third-order valence-electron chi connectivity index (χ3n) is 5.01. The van der Waals surface area contributed by atoms with Crippen molar-refractivity contribution in [3.05, 3.63) is 46.6 Å². The lowest BCUT2D eigenvalue weighted by molar-refractivity contribution is -0.120. The van der Waals surface area contributed by atoms with E-state index in [1.807, 2.05) is 12.1 Å². The van der Waals surface area contributed by atoms with Crippen LogP contribution in [0.5, 0.6) is 0 Å². The maximum atomic E-state index is 12.7. The van der Waals surface area contributed by atoms with Crippen molar-refractivity contribution < 1.29 is 9.59 Å². The highest BCUT2D eigenvalue weighted by Crippen LogP contribution is 2.25. The first-order valence-electron chi connectivity index (χ1n) is 9.29. The summed E-state index contributed by atoms with van der Waals surface area (Å²) < 4.78 is 1.55. The Morgan fingerprint density at radius 3 is 2.56 bits per heavy atom. The Morgan fingerprint density at radius 2 is 1.89 bits per heavy atom. The molecule has 0 spiro atoms. The van der Waals surface area contributed by atoms with Crippen LogP contribution in [0, 0.1) is 5.92 Å². The third kappa shape index (κ3) is 4.89. The molecule has 0 atom stereocenters. The van der Waals surface area contributed by atoms with Crippen molar-refractivity contribution >= 4 is 29.2 Å². The summed E-state index contributed by atoms with van der Waals surface area (Å²) in [7, 11) is 3.46. The lowest BCUT2D eigenvalue weighted by Gasteiger charge is -2.20. The molecule has 2 amide bonds. The highest BCUT2D eigenvalue weighted by atomic mass is 35.5. The summed E-state index contributed by atoms with van der Waals surface area (Å²) in [4.78, 5) is 26.7. The van der Waals surface area contributed by atoms with Crippen molar-refractivity contribution in [2.75, 3.05) is 12.4 Å². The van der Waals surface area contributed by atoms with E-state index in [9.17, 15) is 9.59 Å². The van der Waals surface area contributed by atoms with Crippen LogP contribution in [-0.4, -0.2) is 33.5 Å². The first kappa shape index (κ1) is 19.4. The van der Waals surface area contributed by atoms with Crippen molar-refractivity contribution in [3.63, 3.8) is 0 Å². The predicted octanol–water partition coefficient (Wildman–Crippen LogP) is 3.86. The smallest absolute Gasteiger partial charge is 0.274 e. The average Bonchev–Trinajstić information content (AvgIpc) is 3.04. The maximum Gasteiger partial charge on any atom is 0.274 e. The molecule has 7 heteroatoms. The quantitative estimate of drug-likeness (QED) is 0.845. The van der Waals surface area contributed by atoms with E-state index in [0.717, 1.165) is 31.2 Å². The molecular weight excluding hydrogens is 364 g/mol. The van der Waals surface area contributed by atoms with Crippen LogP contribution < -0.4 is 5.32 Å². The number of hydrogen-bond donors (Lipinski definition) is 1. The molecule has 3 rings (SSSR count). The van der Waals surface area contributed by atoms with Crippen LogP contribution in [0.4, 0.5) is 5.82 Å². The van der Waals surface area contributed by atoms with Crippen molar-refractivity contribution in [2.24, 2.45) is 13.0 Å². The largest absolute Gasteiger partial charge is 0.336 e. The number of nitrogens with one attached hydrogen (secondary N) is 1. The van der Waals surface area contributed by atoms with Crippen LogP contribution in [0.15, 0.2) is 30.3 Å². The molecule has 27 heavy (non-hydrogen) atoms. The minimum Gasteiger partial charge on any atom is -0.336 e. The van der Waals surface area contributed by atoms with Gasteiger partial charge in [0.25, 0.3) is 5.91 Å². The second-order valence-electron chi connectivity index (χ2n) is 7.15. The van der Waals surface area contributed by atoms with Crippen LogP contribution in [0.3, 0.4) is 0 Å². The second kappa shape index (κ2) is 8.57. The van der Waals surface area contributed by atoms with Gasteiger partial charge in [-0.15, -0.1) is 0 Å². The molecule has 1 aliphatic carbocycles. The lowest BCUT2D eigenvalue weighted by atomic mass is 9.89. The van der Waals surface area contributed by atoms with E-state index in [0.29, 0.717) is 23.1 Å². The minimum absolute atomic E-state index is 0.0196. The van der Waals surface area contributed by atoms with E-state index >= 15 is 0 Å². The van der Waals surface area contributed by atoms with Gasteiger partial charge in [0.05, 0.1) is 0 Å². The number of rotatable bonds is 5. The minimum atomic E-state index is -0.196. The first-order valence-corrected chi connectivity index (χ1v) is 9.66. The van der Waals surface area contributed by atoms with Crippen molar-refractivity contribution in [3.8, 4) is 0 Å². The van der Waals surface area contributed by atoms with E-state index in [1.165, 1.54) is 6.42 Å². The Kier molecular flexibility index (Phi) is 6.16. The molecule has 0 bridgehead atoms. The molecule has 1 fully saturated rings. The van der Waals surface area contributed by atoms with Crippen molar-refractivity contribution in [1.29, 1.82) is 0 Å². The van der Waals surface area contributed by atoms with Gasteiger partial charge in [-0.3, -0.25) is 14.3 Å². The van der Waals surface area contributed by atoms with Gasteiger partial charge >= 0.3 is 0 Å². The van der Waals surface area contributed by atoms with Crippen LogP contribution in [0.25, 0.3) is 0 Å². The zero-order valence-electron chi connectivity index (χ0n) is 15.7. The number of anilines is 1. The Balaban J connectivity index is 1.64. The summed E-state index contributed by atoms with van der Waals surface area (Å²) in [6.07, 6.45) is 5.26. The molecule has 1 saturated carbocycles. The summed E-state index contributed by atoms with van der Waals surface area (Å²) in [6, 6.07) is 9.02. The zero-order valence-corrected chi connectivity index (χ0v) is 16.5. The Labute approximate surface area is 164 Å². The third-order valence-corrected chi connectivity index (χ3v) is 5.26. The Morgan fingerprint density at radius 1 is 1.22 bits per heavy atom. The van der Waals surface area contributed by atoms with E-state index in [2.05, 4.69) is 10.4 Å². The fourth-order valence-electron chi connectivity index (χ4n) is 3.41. The normalized spacial score (nSPS) is 14.8. The molecule has 0 saturated heterocycles. The van der Waals surface area contributed by atoms with Crippen molar-refractivity contribution in [1.82, 2.24) is 14.7 Å². The Hall–Kier alpha value is -2.34. The van der Waals surface area contributed by atoms with E-state index < -0.39 is 0 Å². The molecule has 2 aromatic rings. The van der Waals surface area contributed by atoms with Gasteiger partial charge in [-0.25, -0.2) is 0 Å². The van der Waals surface area contributed by atoms with Crippen LogP contribution >= 0.6 is 11.6 Å². The molecule has 1 aliphatic rings. The fourth-order valence-corrected chi connectivity index (χ4v) is 3.54. The number of halogens is 1. The van der Waals surface area contributed by atoms with Gasteiger partial charge in [0.15, 0.2) is 5.69 Å². The van der Waals surface area contributed by atoms with Gasteiger partial charge in [0.2, 0.25) is 5.91 Å². The van der Waals surface area contributed by atoms with Crippen LogP contribution in [-0.2, 0) is 18.4 Å². The van der Waals surface area contributed by atoms with Gasteiger partial charge in [0, 0.05) is 37.6 Å². The summed E-state index contributed by atoms with van der Waals surface area (Å²) in [6.45, 7) is 0.455. The standard InChI is InChI=1S/C20H25ClN4O2/c1-24(13-14-8-10-16(21)11-9-14)20(27)17-12-18(25(2)23-17)22-19(26)15-6-4-3-5-7-15/h8-12,15H,3-7,13H2,1-2H3,(H,22,26). The van der Waals surface area contributed by atoms with Crippen LogP contribution in [0.2, 0.25) is 5.02 Å². The molecule has 0 radical (unpaired) electrons. The van der Waals surface area contributed by atoms with E-state index in [-0.39, 0.29) is 17.7 Å². The van der Waals surface area contributed by atoms with Crippen molar-refractivity contribution in [2.45, 2.75) is 38.6 Å². The number of benzene rings is 1.